The summed E-state index contributed by atoms with van der Waals surface area (Å²) < 4.78 is 11.5. The van der Waals surface area contributed by atoms with Crippen LogP contribution in [0.3, 0.4) is 0 Å². The minimum atomic E-state index is -0.0433. The molecule has 2 aromatic heterocycles. The predicted octanol–water partition coefficient (Wildman–Crippen LogP) is 1.14. The Morgan fingerprint density at radius 1 is 1.24 bits per heavy atom. The van der Waals surface area contributed by atoms with Gasteiger partial charge in [-0.25, -0.2) is 4.98 Å². The molecule has 1 atom stereocenters. The van der Waals surface area contributed by atoms with Crippen LogP contribution >= 0.6 is 11.3 Å². The summed E-state index contributed by atoms with van der Waals surface area (Å²) in [6.07, 6.45) is 0.968. The van der Waals surface area contributed by atoms with Crippen LogP contribution in [0.25, 0.3) is 10.2 Å². The van der Waals surface area contributed by atoms with Crippen molar-refractivity contribution in [1.29, 1.82) is 0 Å². The van der Waals surface area contributed by atoms with Crippen LogP contribution < -0.4 is 19.9 Å². The third-order valence-electron chi connectivity index (χ3n) is 4.68. The van der Waals surface area contributed by atoms with Crippen molar-refractivity contribution in [3.63, 3.8) is 0 Å². The third kappa shape index (κ3) is 3.01. The Morgan fingerprint density at radius 3 is 2.76 bits per heavy atom. The number of aromatic nitrogens is 2. The monoisotopic (exact) mass is 358 g/mol. The number of ether oxygens (including phenoxy) is 2. The van der Waals surface area contributed by atoms with E-state index in [2.05, 4.69) is 22.1 Å². The summed E-state index contributed by atoms with van der Waals surface area (Å²) in [6, 6.07) is 6.03. The Labute approximate surface area is 149 Å². The normalized spacial score (nSPS) is 16.6. The highest BCUT2D eigenvalue weighted by Gasteiger charge is 2.23. The molecule has 0 aliphatic carbocycles. The zero-order valence-corrected chi connectivity index (χ0v) is 15.0. The van der Waals surface area contributed by atoms with Gasteiger partial charge in [0, 0.05) is 12.0 Å². The summed E-state index contributed by atoms with van der Waals surface area (Å²) in [5, 5.41) is 1.90. The molecule has 2 N–H and O–H groups in total. The molecular weight excluding hydrogens is 338 g/mol. The predicted molar refractivity (Wildman–Crippen MR) is 96.7 cm³/mol. The molecule has 1 unspecified atom stereocenters. The first kappa shape index (κ1) is 16.1. The molecule has 7 heteroatoms. The molecule has 6 nitrogen and oxygen atoms in total. The number of thiophene rings is 1. The van der Waals surface area contributed by atoms with E-state index in [1.807, 2.05) is 11.4 Å². The van der Waals surface area contributed by atoms with Crippen molar-refractivity contribution in [3.05, 3.63) is 50.9 Å². The Morgan fingerprint density at radius 2 is 2.00 bits per heavy atom. The molecule has 0 radical (unpaired) electrons. The molecule has 25 heavy (non-hydrogen) atoms. The van der Waals surface area contributed by atoms with Gasteiger partial charge in [0.1, 0.15) is 17.8 Å². The number of rotatable bonds is 4. The van der Waals surface area contributed by atoms with Crippen molar-refractivity contribution in [2.24, 2.45) is 0 Å². The van der Waals surface area contributed by atoms with Crippen molar-refractivity contribution in [1.82, 2.24) is 9.97 Å². The Bertz CT molecular complexity index is 979. The molecule has 0 bridgehead atoms. The average Bonchev–Trinajstić information content (AvgIpc) is 3.09. The maximum Gasteiger partial charge on any atom is 0.269 e. The van der Waals surface area contributed by atoms with E-state index in [1.54, 1.807) is 14.2 Å². The van der Waals surface area contributed by atoms with Crippen LogP contribution in [0.15, 0.2) is 28.4 Å². The van der Waals surface area contributed by atoms with Crippen molar-refractivity contribution in [2.45, 2.75) is 19.5 Å². The topological polar surface area (TPSA) is 68.7 Å². The molecule has 0 saturated carbocycles. The molecule has 1 aliphatic rings. The van der Waals surface area contributed by atoms with Gasteiger partial charge in [0.15, 0.2) is 17.3 Å². The third-order valence-corrected chi connectivity index (χ3v) is 5.58. The SMILES string of the molecule is COc1cc2c(cc1OC)C[NH+](Cc1nc3ccsc3c(=O)[nH]1)CC2. The van der Waals surface area contributed by atoms with Gasteiger partial charge >= 0.3 is 0 Å². The summed E-state index contributed by atoms with van der Waals surface area (Å²) in [4.78, 5) is 21.0. The molecule has 0 amide bonds. The van der Waals surface area contributed by atoms with Crippen LogP contribution in [0.5, 0.6) is 11.5 Å². The van der Waals surface area contributed by atoms with Gasteiger partial charge in [0.2, 0.25) is 0 Å². The minimum Gasteiger partial charge on any atom is -0.493 e. The second kappa shape index (κ2) is 6.50. The average molecular weight is 358 g/mol. The van der Waals surface area contributed by atoms with Crippen LogP contribution in [0.4, 0.5) is 0 Å². The summed E-state index contributed by atoms with van der Waals surface area (Å²) >= 11 is 1.43. The van der Waals surface area contributed by atoms with Crippen LogP contribution in [0, 0.1) is 0 Å². The van der Waals surface area contributed by atoms with E-state index in [-0.39, 0.29) is 5.56 Å². The first-order chi connectivity index (χ1) is 12.2. The quantitative estimate of drug-likeness (QED) is 0.734. The maximum absolute atomic E-state index is 12.1. The van der Waals surface area contributed by atoms with E-state index < -0.39 is 0 Å². The van der Waals surface area contributed by atoms with Gasteiger partial charge in [0.05, 0.1) is 26.3 Å². The number of nitrogens with one attached hydrogen (secondary N) is 2. The number of benzene rings is 1. The van der Waals surface area contributed by atoms with Gasteiger partial charge in [-0.2, -0.15) is 0 Å². The molecule has 0 spiro atoms. The zero-order valence-electron chi connectivity index (χ0n) is 14.2. The summed E-state index contributed by atoms with van der Waals surface area (Å²) in [5.41, 5.74) is 3.30. The standard InChI is InChI=1S/C18H19N3O3S/c1-23-14-7-11-3-5-21(9-12(11)8-15(14)24-2)10-16-19-13-4-6-25-17(13)18(22)20-16/h4,6-8H,3,5,9-10H2,1-2H3,(H,19,20,22)/p+1. The fourth-order valence-electron chi connectivity index (χ4n) is 3.42. The summed E-state index contributed by atoms with van der Waals surface area (Å²) in [5.74, 6) is 2.28. The van der Waals surface area contributed by atoms with Crippen LogP contribution in [0.2, 0.25) is 0 Å². The van der Waals surface area contributed by atoms with Crippen LogP contribution in [-0.2, 0) is 19.5 Å². The number of methoxy groups -OCH3 is 2. The first-order valence-electron chi connectivity index (χ1n) is 8.21. The van der Waals surface area contributed by atoms with Gasteiger partial charge < -0.3 is 19.4 Å². The molecule has 4 rings (SSSR count). The van der Waals surface area contributed by atoms with E-state index in [1.165, 1.54) is 27.4 Å². The molecular formula is C18H20N3O3S+. The fraction of sp³-hybridized carbons (Fsp3) is 0.333. The van der Waals surface area contributed by atoms with Gasteiger partial charge in [-0.3, -0.25) is 4.79 Å². The Kier molecular flexibility index (Phi) is 4.19. The lowest BCUT2D eigenvalue weighted by Crippen LogP contribution is -3.10. The highest BCUT2D eigenvalue weighted by atomic mass is 32.1. The number of hydrogen-bond acceptors (Lipinski definition) is 5. The lowest BCUT2D eigenvalue weighted by atomic mass is 9.99. The van der Waals surface area contributed by atoms with Gasteiger partial charge in [-0.1, -0.05) is 0 Å². The van der Waals surface area contributed by atoms with E-state index in [9.17, 15) is 4.79 Å². The number of quaternary nitrogens is 1. The van der Waals surface area contributed by atoms with Crippen LogP contribution in [-0.4, -0.2) is 30.7 Å². The van der Waals surface area contributed by atoms with E-state index in [4.69, 9.17) is 9.47 Å². The smallest absolute Gasteiger partial charge is 0.269 e. The number of hydrogen-bond donors (Lipinski definition) is 2. The highest BCUT2D eigenvalue weighted by Crippen LogP contribution is 2.31. The number of aromatic amines is 1. The molecule has 3 heterocycles. The molecule has 3 aromatic rings. The zero-order chi connectivity index (χ0) is 17.4. The molecule has 130 valence electrons. The molecule has 0 saturated heterocycles. The second-order valence-corrected chi connectivity index (χ2v) is 7.14. The molecule has 0 fully saturated rings. The van der Waals surface area contributed by atoms with E-state index >= 15 is 0 Å². The van der Waals surface area contributed by atoms with Crippen molar-refractivity contribution < 1.29 is 14.4 Å². The van der Waals surface area contributed by atoms with E-state index in [0.717, 1.165) is 42.4 Å². The lowest BCUT2D eigenvalue weighted by Gasteiger charge is -2.26. The maximum atomic E-state index is 12.1. The summed E-state index contributed by atoms with van der Waals surface area (Å²) in [7, 11) is 3.32. The van der Waals surface area contributed by atoms with E-state index in [0.29, 0.717) is 11.2 Å². The Hall–Kier alpha value is -2.38. The van der Waals surface area contributed by atoms with Gasteiger partial charge in [0.25, 0.3) is 5.56 Å². The number of H-pyrrole nitrogens is 1. The van der Waals surface area contributed by atoms with Gasteiger partial charge in [-0.05, 0) is 29.1 Å². The number of fused-ring (bicyclic) bond motifs is 2. The fourth-order valence-corrected chi connectivity index (χ4v) is 4.15. The number of nitrogens with zero attached hydrogens (tertiary/aromatic N) is 1. The van der Waals surface area contributed by atoms with Gasteiger partial charge in [-0.15, -0.1) is 11.3 Å². The Balaban J connectivity index is 1.58. The molecule has 1 aromatic carbocycles. The van der Waals surface area contributed by atoms with Crippen molar-refractivity contribution >= 4 is 21.6 Å². The molecule has 1 aliphatic heterocycles. The van der Waals surface area contributed by atoms with Crippen molar-refractivity contribution in [2.75, 3.05) is 20.8 Å². The van der Waals surface area contributed by atoms with Crippen LogP contribution in [0.1, 0.15) is 17.0 Å². The minimum absolute atomic E-state index is 0.0433. The summed E-state index contributed by atoms with van der Waals surface area (Å²) in [6.45, 7) is 2.57. The largest absolute Gasteiger partial charge is 0.493 e. The highest BCUT2D eigenvalue weighted by molar-refractivity contribution is 7.17. The van der Waals surface area contributed by atoms with Crippen molar-refractivity contribution in [3.8, 4) is 11.5 Å². The first-order valence-corrected chi connectivity index (χ1v) is 9.09. The lowest BCUT2D eigenvalue weighted by molar-refractivity contribution is -0.930. The second-order valence-electron chi connectivity index (χ2n) is 6.23.